The summed E-state index contributed by atoms with van der Waals surface area (Å²) in [5, 5.41) is 0. The molecule has 8 nitrogen and oxygen atoms in total. The van der Waals surface area contributed by atoms with Gasteiger partial charge in [0.15, 0.2) is 0 Å². The van der Waals surface area contributed by atoms with Gasteiger partial charge in [-0.3, -0.25) is 4.79 Å². The number of benzene rings is 1. The molecule has 0 unspecified atom stereocenters. The Bertz CT molecular complexity index is 832. The average molecular weight is 424 g/mol. The van der Waals surface area contributed by atoms with Crippen molar-refractivity contribution < 1.29 is 22.7 Å². The van der Waals surface area contributed by atoms with E-state index in [4.69, 9.17) is 4.74 Å². The quantitative estimate of drug-likeness (QED) is 0.739. The second-order valence-corrected chi connectivity index (χ2v) is 9.55. The van der Waals surface area contributed by atoms with Gasteiger partial charge in [-0.05, 0) is 49.9 Å². The highest BCUT2D eigenvalue weighted by Crippen LogP contribution is 2.24. The number of ether oxygens (including phenoxy) is 1. The van der Waals surface area contributed by atoms with E-state index >= 15 is 0 Å². The van der Waals surface area contributed by atoms with Crippen LogP contribution in [0.3, 0.4) is 0 Å². The number of carbonyl (C=O) groups is 2. The Labute approximate surface area is 172 Å². The molecule has 2 saturated heterocycles. The van der Waals surface area contributed by atoms with Crippen LogP contribution in [0.1, 0.15) is 37.0 Å². The van der Waals surface area contributed by atoms with Gasteiger partial charge in [-0.25, -0.2) is 13.2 Å². The van der Waals surface area contributed by atoms with Crippen molar-refractivity contribution in [3.8, 4) is 0 Å². The monoisotopic (exact) mass is 423 g/mol. The van der Waals surface area contributed by atoms with Crippen molar-refractivity contribution in [2.75, 3.05) is 45.9 Å². The number of carbonyl (C=O) groups excluding carboxylic acids is 2. The second-order valence-electron chi connectivity index (χ2n) is 7.61. The molecule has 2 amide bonds. The molecule has 0 N–H and O–H groups in total. The van der Waals surface area contributed by atoms with Crippen LogP contribution in [0.5, 0.6) is 0 Å². The van der Waals surface area contributed by atoms with Gasteiger partial charge in [0.2, 0.25) is 10.0 Å². The third kappa shape index (κ3) is 4.90. The Morgan fingerprint density at radius 2 is 1.66 bits per heavy atom. The topological polar surface area (TPSA) is 87.2 Å². The number of hydrogen-bond donors (Lipinski definition) is 0. The molecule has 0 saturated carbocycles. The van der Waals surface area contributed by atoms with Crippen molar-refractivity contribution in [2.45, 2.75) is 31.6 Å². The fourth-order valence-electron chi connectivity index (χ4n) is 3.77. The number of piperazine rings is 1. The molecule has 9 heteroatoms. The maximum atomic E-state index is 12.9. The Morgan fingerprint density at radius 1 is 1.03 bits per heavy atom. The number of amides is 2. The van der Waals surface area contributed by atoms with Gasteiger partial charge in [0, 0.05) is 44.8 Å². The van der Waals surface area contributed by atoms with Crippen molar-refractivity contribution in [2.24, 2.45) is 5.92 Å². The lowest BCUT2D eigenvalue weighted by atomic mass is 10.0. The van der Waals surface area contributed by atoms with Crippen LogP contribution in [0.2, 0.25) is 0 Å². The summed E-state index contributed by atoms with van der Waals surface area (Å²) < 4.78 is 32.2. The zero-order chi connectivity index (χ0) is 21.0. The van der Waals surface area contributed by atoms with Crippen molar-refractivity contribution >= 4 is 22.0 Å². The summed E-state index contributed by atoms with van der Waals surface area (Å²) in [4.78, 5) is 28.0. The predicted molar refractivity (Wildman–Crippen MR) is 108 cm³/mol. The molecule has 0 bridgehead atoms. The minimum atomic E-state index is -3.53. The highest BCUT2D eigenvalue weighted by molar-refractivity contribution is 7.89. The molecule has 1 aromatic rings. The lowest BCUT2D eigenvalue weighted by Gasteiger charge is -2.34. The normalized spacial score (nSPS) is 21.1. The molecule has 2 aliphatic heterocycles. The van der Waals surface area contributed by atoms with Gasteiger partial charge in [0.05, 0.1) is 11.5 Å². The summed E-state index contributed by atoms with van der Waals surface area (Å²) in [6.07, 6.45) is 1.55. The lowest BCUT2D eigenvalue weighted by molar-refractivity contribution is 0.0570. The molecule has 1 aromatic carbocycles. The van der Waals surface area contributed by atoms with Crippen LogP contribution in [0.25, 0.3) is 0 Å². The van der Waals surface area contributed by atoms with Crippen LogP contribution < -0.4 is 0 Å². The molecule has 0 aromatic heterocycles. The van der Waals surface area contributed by atoms with E-state index in [1.807, 2.05) is 0 Å². The van der Waals surface area contributed by atoms with E-state index in [-0.39, 0.29) is 16.9 Å². The third-order valence-corrected chi connectivity index (χ3v) is 7.33. The number of sulfonamides is 1. The fraction of sp³-hybridized carbons (Fsp3) is 0.600. The molecule has 2 aliphatic rings. The van der Waals surface area contributed by atoms with Crippen LogP contribution >= 0.6 is 0 Å². The van der Waals surface area contributed by atoms with E-state index in [1.165, 1.54) is 16.4 Å². The Hall–Kier alpha value is -2.13. The minimum Gasteiger partial charge on any atom is -0.450 e. The van der Waals surface area contributed by atoms with Gasteiger partial charge >= 0.3 is 6.09 Å². The van der Waals surface area contributed by atoms with Crippen molar-refractivity contribution in [3.05, 3.63) is 29.8 Å². The average Bonchev–Trinajstić information content (AvgIpc) is 2.73. The molecule has 3 rings (SSSR count). The Morgan fingerprint density at radius 3 is 2.24 bits per heavy atom. The van der Waals surface area contributed by atoms with Gasteiger partial charge in [-0.1, -0.05) is 6.92 Å². The molecule has 1 atom stereocenters. The SMILES string of the molecule is CCOC(=O)N1CCN(C(=O)c2ccc(S(=O)(=O)N3CCC[C@H](C)C3)cc2)CC1. The fourth-order valence-corrected chi connectivity index (χ4v) is 5.37. The maximum absolute atomic E-state index is 12.9. The van der Waals surface area contributed by atoms with Crippen molar-refractivity contribution in [1.82, 2.24) is 14.1 Å². The van der Waals surface area contributed by atoms with E-state index in [0.29, 0.717) is 57.4 Å². The first kappa shape index (κ1) is 21.6. The Balaban J connectivity index is 1.63. The van der Waals surface area contributed by atoms with E-state index in [0.717, 1.165) is 12.8 Å². The highest BCUT2D eigenvalue weighted by Gasteiger charge is 2.29. The zero-order valence-corrected chi connectivity index (χ0v) is 17.9. The van der Waals surface area contributed by atoms with Crippen LogP contribution in [-0.4, -0.2) is 80.4 Å². The molecule has 0 radical (unpaired) electrons. The first-order chi connectivity index (χ1) is 13.8. The van der Waals surface area contributed by atoms with Crippen molar-refractivity contribution in [3.63, 3.8) is 0 Å². The van der Waals surface area contributed by atoms with E-state index in [9.17, 15) is 18.0 Å². The smallest absolute Gasteiger partial charge is 0.409 e. The number of rotatable bonds is 4. The summed E-state index contributed by atoms with van der Waals surface area (Å²) in [7, 11) is -3.53. The van der Waals surface area contributed by atoms with Gasteiger partial charge in [-0.15, -0.1) is 0 Å². The van der Waals surface area contributed by atoms with Crippen LogP contribution in [-0.2, 0) is 14.8 Å². The molecular formula is C20H29N3O5S. The van der Waals surface area contributed by atoms with Gasteiger partial charge in [0.25, 0.3) is 5.91 Å². The molecule has 0 aliphatic carbocycles. The summed E-state index contributed by atoms with van der Waals surface area (Å²) in [5.74, 6) is 0.191. The molecule has 2 fully saturated rings. The third-order valence-electron chi connectivity index (χ3n) is 5.45. The first-order valence-corrected chi connectivity index (χ1v) is 11.6. The Kier molecular flexibility index (Phi) is 6.79. The van der Waals surface area contributed by atoms with Gasteiger partial charge in [0.1, 0.15) is 0 Å². The summed E-state index contributed by atoms with van der Waals surface area (Å²) >= 11 is 0. The minimum absolute atomic E-state index is 0.163. The lowest BCUT2D eigenvalue weighted by Crippen LogP contribution is -2.50. The van der Waals surface area contributed by atoms with E-state index < -0.39 is 10.0 Å². The number of nitrogens with zero attached hydrogens (tertiary/aromatic N) is 3. The maximum Gasteiger partial charge on any atom is 0.409 e. The molecule has 0 spiro atoms. The molecular weight excluding hydrogens is 394 g/mol. The summed E-state index contributed by atoms with van der Waals surface area (Å²) in [6, 6.07) is 6.16. The number of piperidine rings is 1. The molecule has 29 heavy (non-hydrogen) atoms. The van der Waals surface area contributed by atoms with Crippen molar-refractivity contribution in [1.29, 1.82) is 0 Å². The van der Waals surface area contributed by atoms with Gasteiger partial charge in [-0.2, -0.15) is 4.31 Å². The van der Waals surface area contributed by atoms with E-state index in [1.54, 1.807) is 28.9 Å². The highest BCUT2D eigenvalue weighted by atomic mass is 32.2. The van der Waals surface area contributed by atoms with Crippen LogP contribution in [0.4, 0.5) is 4.79 Å². The standard InChI is InChI=1S/C20H29N3O5S/c1-3-28-20(25)22-13-11-21(12-14-22)19(24)17-6-8-18(9-7-17)29(26,27)23-10-4-5-16(2)15-23/h6-9,16H,3-5,10-15H2,1-2H3/t16-/m0/s1. The zero-order valence-electron chi connectivity index (χ0n) is 17.0. The summed E-state index contributed by atoms with van der Waals surface area (Å²) in [6.45, 7) is 6.90. The van der Waals surface area contributed by atoms with Gasteiger partial charge < -0.3 is 14.5 Å². The van der Waals surface area contributed by atoms with Crippen LogP contribution in [0.15, 0.2) is 29.2 Å². The van der Waals surface area contributed by atoms with Crippen LogP contribution in [0, 0.1) is 5.92 Å². The number of hydrogen-bond acceptors (Lipinski definition) is 5. The van der Waals surface area contributed by atoms with E-state index in [2.05, 4.69) is 6.92 Å². The second kappa shape index (κ2) is 9.13. The largest absolute Gasteiger partial charge is 0.450 e. The molecule has 160 valence electrons. The first-order valence-electron chi connectivity index (χ1n) is 10.1. The molecule has 2 heterocycles. The summed E-state index contributed by atoms with van der Waals surface area (Å²) in [5.41, 5.74) is 0.445. The predicted octanol–water partition coefficient (Wildman–Crippen LogP) is 2.02.